The predicted molar refractivity (Wildman–Crippen MR) is 120 cm³/mol. The second-order valence-corrected chi connectivity index (χ2v) is 7.59. The van der Waals surface area contributed by atoms with E-state index in [9.17, 15) is 4.79 Å². The van der Waals surface area contributed by atoms with Gasteiger partial charge in [-0.05, 0) is 67.9 Å². The summed E-state index contributed by atoms with van der Waals surface area (Å²) < 4.78 is 5.86. The van der Waals surface area contributed by atoms with E-state index in [4.69, 9.17) is 16.3 Å². The summed E-state index contributed by atoms with van der Waals surface area (Å²) in [4.78, 5) is 16.9. The lowest BCUT2D eigenvalue weighted by atomic mass is 10.0. The predicted octanol–water partition coefficient (Wildman–Crippen LogP) is 4.99. The molecule has 0 atom stereocenters. The van der Waals surface area contributed by atoms with Crippen LogP contribution in [0.1, 0.15) is 22.3 Å². The van der Waals surface area contributed by atoms with Crippen molar-refractivity contribution in [2.24, 2.45) is 0 Å². The largest absolute Gasteiger partial charge is 0.490 e. The van der Waals surface area contributed by atoms with Crippen molar-refractivity contribution in [3.63, 3.8) is 0 Å². The molecule has 0 aromatic heterocycles. The lowest BCUT2D eigenvalue weighted by molar-refractivity contribution is 0.0985. The summed E-state index contributed by atoms with van der Waals surface area (Å²) in [5, 5.41) is 0.629. The van der Waals surface area contributed by atoms with Gasteiger partial charge in [-0.1, -0.05) is 29.8 Å². The SMILES string of the molecule is C=CCN(C)C/C=C/COc1ccc2c(c1)CCCN2C(=O)c1ccc(Cl)cc1. The Morgan fingerprint density at radius 3 is 2.76 bits per heavy atom. The topological polar surface area (TPSA) is 32.8 Å². The molecule has 5 heteroatoms. The average Bonchev–Trinajstić information content (AvgIpc) is 2.73. The van der Waals surface area contributed by atoms with Gasteiger partial charge in [0.15, 0.2) is 0 Å². The Balaban J connectivity index is 1.63. The summed E-state index contributed by atoms with van der Waals surface area (Å²) >= 11 is 5.94. The molecule has 152 valence electrons. The number of likely N-dealkylation sites (N-methyl/N-ethyl adjacent to an activating group) is 1. The Kier molecular flexibility index (Phi) is 7.50. The van der Waals surface area contributed by atoms with E-state index in [-0.39, 0.29) is 5.91 Å². The summed E-state index contributed by atoms with van der Waals surface area (Å²) in [6.45, 7) is 6.70. The summed E-state index contributed by atoms with van der Waals surface area (Å²) in [5.74, 6) is 0.830. The van der Waals surface area contributed by atoms with Crippen molar-refractivity contribution in [2.75, 3.05) is 38.2 Å². The third-order valence-corrected chi connectivity index (χ3v) is 5.13. The molecule has 0 N–H and O–H groups in total. The molecule has 1 aliphatic heterocycles. The smallest absolute Gasteiger partial charge is 0.258 e. The number of hydrogen-bond acceptors (Lipinski definition) is 3. The average molecular weight is 411 g/mol. The zero-order chi connectivity index (χ0) is 20.6. The van der Waals surface area contributed by atoms with Crippen LogP contribution in [0, 0.1) is 0 Å². The summed E-state index contributed by atoms with van der Waals surface area (Å²) in [6.07, 6.45) is 7.88. The number of nitrogens with zero attached hydrogens (tertiary/aromatic N) is 2. The quantitative estimate of drug-likeness (QED) is 0.575. The van der Waals surface area contributed by atoms with E-state index in [0.717, 1.165) is 49.5 Å². The fraction of sp³-hybridized carbons (Fsp3) is 0.292. The van der Waals surface area contributed by atoms with Crippen LogP contribution in [0.5, 0.6) is 5.75 Å². The molecule has 0 bridgehead atoms. The van der Waals surface area contributed by atoms with Gasteiger partial charge in [0.25, 0.3) is 5.91 Å². The van der Waals surface area contributed by atoms with Crippen LogP contribution in [0.4, 0.5) is 5.69 Å². The van der Waals surface area contributed by atoms with Crippen LogP contribution in [0.2, 0.25) is 5.02 Å². The maximum atomic E-state index is 12.9. The molecule has 0 saturated carbocycles. The number of benzene rings is 2. The van der Waals surface area contributed by atoms with Crippen molar-refractivity contribution >= 4 is 23.2 Å². The highest BCUT2D eigenvalue weighted by Crippen LogP contribution is 2.31. The normalized spacial score (nSPS) is 13.6. The minimum Gasteiger partial charge on any atom is -0.490 e. The minimum atomic E-state index is 0.00265. The first-order chi connectivity index (χ1) is 14.1. The van der Waals surface area contributed by atoms with Gasteiger partial charge in [-0.15, -0.1) is 6.58 Å². The molecule has 1 heterocycles. The van der Waals surface area contributed by atoms with Crippen molar-refractivity contribution in [3.05, 3.63) is 83.4 Å². The number of carbonyl (C=O) groups is 1. The molecule has 0 saturated heterocycles. The highest BCUT2D eigenvalue weighted by atomic mass is 35.5. The van der Waals surface area contributed by atoms with Crippen LogP contribution in [0.3, 0.4) is 0 Å². The van der Waals surface area contributed by atoms with Crippen molar-refractivity contribution in [1.82, 2.24) is 4.90 Å². The van der Waals surface area contributed by atoms with Crippen LogP contribution in [-0.4, -0.2) is 44.1 Å². The van der Waals surface area contributed by atoms with Crippen molar-refractivity contribution in [1.29, 1.82) is 0 Å². The second kappa shape index (κ2) is 10.3. The third kappa shape index (κ3) is 5.72. The van der Waals surface area contributed by atoms with E-state index in [0.29, 0.717) is 17.2 Å². The molecule has 4 nitrogen and oxygen atoms in total. The summed E-state index contributed by atoms with van der Waals surface area (Å²) in [5.41, 5.74) is 2.75. The molecule has 1 aliphatic rings. The second-order valence-electron chi connectivity index (χ2n) is 7.15. The third-order valence-electron chi connectivity index (χ3n) is 4.88. The van der Waals surface area contributed by atoms with E-state index < -0.39 is 0 Å². The van der Waals surface area contributed by atoms with Gasteiger partial charge in [0.2, 0.25) is 0 Å². The van der Waals surface area contributed by atoms with E-state index in [1.807, 2.05) is 42.3 Å². The monoisotopic (exact) mass is 410 g/mol. The molecule has 29 heavy (non-hydrogen) atoms. The lowest BCUT2D eigenvalue weighted by Gasteiger charge is -2.30. The molecule has 1 amide bonds. The van der Waals surface area contributed by atoms with Crippen LogP contribution in [0.25, 0.3) is 0 Å². The molecule has 0 radical (unpaired) electrons. The van der Waals surface area contributed by atoms with E-state index in [2.05, 4.69) is 17.6 Å². The van der Waals surface area contributed by atoms with Crippen LogP contribution < -0.4 is 9.64 Å². The molecular weight excluding hydrogens is 384 g/mol. The van der Waals surface area contributed by atoms with Gasteiger partial charge in [0, 0.05) is 35.9 Å². The first-order valence-corrected chi connectivity index (χ1v) is 10.2. The van der Waals surface area contributed by atoms with Crippen molar-refractivity contribution in [2.45, 2.75) is 12.8 Å². The molecule has 3 rings (SSSR count). The van der Waals surface area contributed by atoms with E-state index in [1.165, 1.54) is 0 Å². The molecule has 0 spiro atoms. The number of ether oxygens (including phenoxy) is 1. The molecule has 0 unspecified atom stereocenters. The maximum absolute atomic E-state index is 12.9. The van der Waals surface area contributed by atoms with Gasteiger partial charge in [0.1, 0.15) is 12.4 Å². The van der Waals surface area contributed by atoms with E-state index in [1.54, 1.807) is 24.3 Å². The number of rotatable bonds is 8. The Bertz CT molecular complexity index is 877. The Morgan fingerprint density at radius 1 is 1.21 bits per heavy atom. The number of halogens is 1. The van der Waals surface area contributed by atoms with Crippen LogP contribution in [0.15, 0.2) is 67.3 Å². The number of hydrogen-bond donors (Lipinski definition) is 0. The van der Waals surface area contributed by atoms with Crippen molar-refractivity contribution < 1.29 is 9.53 Å². The van der Waals surface area contributed by atoms with Crippen molar-refractivity contribution in [3.8, 4) is 5.75 Å². The van der Waals surface area contributed by atoms with Crippen LogP contribution in [-0.2, 0) is 6.42 Å². The minimum absolute atomic E-state index is 0.00265. The maximum Gasteiger partial charge on any atom is 0.258 e. The standard InChI is InChI=1S/C24H27ClN2O2/c1-3-14-26(2)15-4-5-17-29-22-12-13-23-20(18-22)7-6-16-27(23)24(28)19-8-10-21(25)11-9-19/h3-5,8-13,18H,1,6-7,14-17H2,2H3/b5-4+. The molecule has 0 fully saturated rings. The summed E-state index contributed by atoms with van der Waals surface area (Å²) in [6, 6.07) is 13.0. The Morgan fingerprint density at radius 2 is 2.00 bits per heavy atom. The molecular formula is C24H27ClN2O2. The lowest BCUT2D eigenvalue weighted by Crippen LogP contribution is -2.35. The Labute approximate surface area is 178 Å². The van der Waals surface area contributed by atoms with Gasteiger partial charge >= 0.3 is 0 Å². The number of anilines is 1. The number of fused-ring (bicyclic) bond motifs is 1. The van der Waals surface area contributed by atoms with Gasteiger partial charge in [0.05, 0.1) is 0 Å². The highest BCUT2D eigenvalue weighted by molar-refractivity contribution is 6.30. The first kappa shape index (κ1) is 21.2. The highest BCUT2D eigenvalue weighted by Gasteiger charge is 2.23. The molecule has 2 aromatic carbocycles. The number of amides is 1. The fourth-order valence-corrected chi connectivity index (χ4v) is 3.51. The van der Waals surface area contributed by atoms with Gasteiger partial charge in [-0.25, -0.2) is 0 Å². The zero-order valence-electron chi connectivity index (χ0n) is 16.8. The van der Waals surface area contributed by atoms with Gasteiger partial charge < -0.3 is 9.64 Å². The van der Waals surface area contributed by atoms with Gasteiger partial charge in [-0.3, -0.25) is 9.69 Å². The van der Waals surface area contributed by atoms with Gasteiger partial charge in [-0.2, -0.15) is 0 Å². The Hall–Kier alpha value is -2.56. The van der Waals surface area contributed by atoms with Crippen LogP contribution >= 0.6 is 11.6 Å². The molecule has 0 aliphatic carbocycles. The van der Waals surface area contributed by atoms with E-state index >= 15 is 0 Å². The molecule has 2 aromatic rings. The number of carbonyl (C=O) groups excluding carboxylic acids is 1. The number of aryl methyl sites for hydroxylation is 1. The fourth-order valence-electron chi connectivity index (χ4n) is 3.38. The summed E-state index contributed by atoms with van der Waals surface area (Å²) in [7, 11) is 2.05. The zero-order valence-corrected chi connectivity index (χ0v) is 17.6. The first-order valence-electron chi connectivity index (χ1n) is 9.86.